The van der Waals surface area contributed by atoms with Crippen molar-refractivity contribution in [2.24, 2.45) is 0 Å². The molecule has 0 saturated heterocycles. The third kappa shape index (κ3) is 3.45. The zero-order valence-corrected chi connectivity index (χ0v) is 14.8. The van der Waals surface area contributed by atoms with Gasteiger partial charge in [-0.2, -0.15) is 0 Å². The highest BCUT2D eigenvalue weighted by Gasteiger charge is 2.23. The minimum atomic E-state index is -0.602. The van der Waals surface area contributed by atoms with Crippen LogP contribution in [-0.2, 0) is 6.42 Å². The fourth-order valence-corrected chi connectivity index (χ4v) is 3.01. The summed E-state index contributed by atoms with van der Waals surface area (Å²) in [7, 11) is 0. The zero-order chi connectivity index (χ0) is 19.5. The molecule has 7 heteroatoms. The van der Waals surface area contributed by atoms with Crippen molar-refractivity contribution in [3.63, 3.8) is 0 Å². The number of amides is 1. The van der Waals surface area contributed by atoms with E-state index in [-0.39, 0.29) is 23.6 Å². The van der Waals surface area contributed by atoms with Crippen LogP contribution in [-0.4, -0.2) is 31.1 Å². The molecule has 0 saturated carbocycles. The molecule has 0 bridgehead atoms. The molecule has 4 aromatic rings. The van der Waals surface area contributed by atoms with Crippen molar-refractivity contribution in [3.05, 3.63) is 84.1 Å². The highest BCUT2D eigenvalue weighted by atomic mass is 16.3. The standard InChI is InChI=1S/C21H18N4O3/c26-19-17(10-16-11-22-12-23-16)25-21(28)18(19)20(27)24-15-8-6-14(7-9-15)13-4-2-1-3-5-13/h1-9,11-12,25-26,28H,10H2,(H,22,23)(H,24,27). The molecule has 140 valence electrons. The largest absolute Gasteiger partial charge is 0.505 e. The number of imidazole rings is 1. The number of rotatable bonds is 5. The Morgan fingerprint density at radius 1 is 1.00 bits per heavy atom. The Bertz CT molecular complexity index is 1080. The van der Waals surface area contributed by atoms with Crippen molar-refractivity contribution in [2.45, 2.75) is 6.42 Å². The summed E-state index contributed by atoms with van der Waals surface area (Å²) < 4.78 is 0. The third-order valence-corrected chi connectivity index (χ3v) is 4.43. The van der Waals surface area contributed by atoms with Gasteiger partial charge in [-0.15, -0.1) is 0 Å². The normalized spacial score (nSPS) is 10.7. The van der Waals surface area contributed by atoms with Gasteiger partial charge in [-0.05, 0) is 23.3 Å². The average molecular weight is 374 g/mol. The Balaban J connectivity index is 1.51. The van der Waals surface area contributed by atoms with Crippen LogP contribution in [0, 0.1) is 0 Å². The summed E-state index contributed by atoms with van der Waals surface area (Å²) in [6.07, 6.45) is 3.39. The molecule has 28 heavy (non-hydrogen) atoms. The second kappa shape index (κ2) is 7.32. The fourth-order valence-electron chi connectivity index (χ4n) is 3.01. The van der Waals surface area contributed by atoms with E-state index in [9.17, 15) is 15.0 Å². The number of anilines is 1. The SMILES string of the molecule is O=C(Nc1ccc(-c2ccccc2)cc1)c1c(O)[nH]c(Cc2cnc[nH]2)c1O. The van der Waals surface area contributed by atoms with E-state index in [0.29, 0.717) is 11.4 Å². The van der Waals surface area contributed by atoms with Gasteiger partial charge in [0.15, 0.2) is 5.75 Å². The quantitative estimate of drug-likeness (QED) is 0.367. The third-order valence-electron chi connectivity index (χ3n) is 4.43. The number of carbonyl (C=O) groups is 1. The van der Waals surface area contributed by atoms with Gasteiger partial charge in [0.25, 0.3) is 5.91 Å². The number of H-pyrrole nitrogens is 2. The summed E-state index contributed by atoms with van der Waals surface area (Å²) in [6, 6.07) is 17.2. The van der Waals surface area contributed by atoms with E-state index in [4.69, 9.17) is 0 Å². The molecule has 0 aliphatic carbocycles. The lowest BCUT2D eigenvalue weighted by Gasteiger charge is -2.07. The molecule has 2 aromatic carbocycles. The molecule has 4 rings (SSSR count). The lowest BCUT2D eigenvalue weighted by atomic mass is 10.1. The molecule has 5 N–H and O–H groups in total. The first-order chi connectivity index (χ1) is 13.6. The molecule has 7 nitrogen and oxygen atoms in total. The molecule has 0 unspecified atom stereocenters. The maximum Gasteiger partial charge on any atom is 0.264 e. The lowest BCUT2D eigenvalue weighted by molar-refractivity contribution is 0.102. The molecule has 2 aromatic heterocycles. The smallest absolute Gasteiger partial charge is 0.264 e. The van der Waals surface area contributed by atoms with Gasteiger partial charge in [0, 0.05) is 24.0 Å². The first-order valence-corrected chi connectivity index (χ1v) is 8.68. The van der Waals surface area contributed by atoms with Gasteiger partial charge in [-0.25, -0.2) is 4.98 Å². The number of aromatic amines is 2. The maximum absolute atomic E-state index is 12.6. The number of benzene rings is 2. The molecular weight excluding hydrogens is 356 g/mol. The van der Waals surface area contributed by atoms with Crippen molar-refractivity contribution in [1.82, 2.24) is 15.0 Å². The Hall–Kier alpha value is -4.00. The number of aromatic nitrogens is 3. The monoisotopic (exact) mass is 374 g/mol. The second-order valence-corrected chi connectivity index (χ2v) is 6.33. The van der Waals surface area contributed by atoms with E-state index in [1.165, 1.54) is 6.33 Å². The number of nitrogens with zero attached hydrogens (tertiary/aromatic N) is 1. The van der Waals surface area contributed by atoms with Gasteiger partial charge in [0.1, 0.15) is 5.56 Å². The highest BCUT2D eigenvalue weighted by Crippen LogP contribution is 2.32. The van der Waals surface area contributed by atoms with Crippen LogP contribution in [0.2, 0.25) is 0 Å². The van der Waals surface area contributed by atoms with E-state index in [2.05, 4.69) is 20.3 Å². The minimum absolute atomic E-state index is 0.193. The molecule has 0 spiro atoms. The van der Waals surface area contributed by atoms with Crippen LogP contribution in [0.25, 0.3) is 11.1 Å². The topological polar surface area (TPSA) is 114 Å². The summed E-state index contributed by atoms with van der Waals surface area (Å²) >= 11 is 0. The van der Waals surface area contributed by atoms with Gasteiger partial charge in [-0.3, -0.25) is 4.79 Å². The van der Waals surface area contributed by atoms with Crippen LogP contribution in [0.1, 0.15) is 21.7 Å². The van der Waals surface area contributed by atoms with Gasteiger partial charge < -0.3 is 25.5 Å². The van der Waals surface area contributed by atoms with E-state index < -0.39 is 5.91 Å². The second-order valence-electron chi connectivity index (χ2n) is 6.33. The van der Waals surface area contributed by atoms with E-state index >= 15 is 0 Å². The van der Waals surface area contributed by atoms with Crippen molar-refractivity contribution >= 4 is 11.6 Å². The molecule has 0 aliphatic rings. The van der Waals surface area contributed by atoms with Crippen LogP contribution >= 0.6 is 0 Å². The predicted molar refractivity (Wildman–Crippen MR) is 105 cm³/mol. The Kier molecular flexibility index (Phi) is 4.55. The summed E-state index contributed by atoms with van der Waals surface area (Å²) in [5.41, 5.74) is 3.52. The minimum Gasteiger partial charge on any atom is -0.505 e. The van der Waals surface area contributed by atoms with Crippen LogP contribution in [0.4, 0.5) is 5.69 Å². The van der Waals surface area contributed by atoms with Crippen LogP contribution in [0.15, 0.2) is 67.1 Å². The first kappa shape index (κ1) is 17.4. The molecule has 0 atom stereocenters. The number of hydrogen-bond acceptors (Lipinski definition) is 4. The van der Waals surface area contributed by atoms with Gasteiger partial charge in [-0.1, -0.05) is 42.5 Å². The lowest BCUT2D eigenvalue weighted by Crippen LogP contribution is -2.11. The fraction of sp³-hybridized carbons (Fsp3) is 0.0476. The Labute approximate surface area is 160 Å². The van der Waals surface area contributed by atoms with E-state index in [1.54, 1.807) is 18.3 Å². The van der Waals surface area contributed by atoms with Crippen molar-refractivity contribution in [2.75, 3.05) is 5.32 Å². The molecule has 2 heterocycles. The molecule has 0 radical (unpaired) electrons. The van der Waals surface area contributed by atoms with Gasteiger partial charge >= 0.3 is 0 Å². The molecule has 0 aliphatic heterocycles. The number of nitrogens with one attached hydrogen (secondary N) is 3. The molecule has 1 amide bonds. The van der Waals surface area contributed by atoms with E-state index in [1.807, 2.05) is 42.5 Å². The van der Waals surface area contributed by atoms with Crippen LogP contribution < -0.4 is 5.32 Å². The Morgan fingerprint density at radius 2 is 1.71 bits per heavy atom. The summed E-state index contributed by atoms with van der Waals surface area (Å²) in [5, 5.41) is 23.1. The number of carbonyl (C=O) groups excluding carboxylic acids is 1. The van der Waals surface area contributed by atoms with Gasteiger partial charge in [0.05, 0.1) is 12.0 Å². The van der Waals surface area contributed by atoms with Crippen molar-refractivity contribution < 1.29 is 15.0 Å². The summed E-state index contributed by atoms with van der Waals surface area (Å²) in [5.74, 6) is -1.27. The predicted octanol–water partition coefficient (Wildman–Crippen LogP) is 3.66. The molecule has 0 fully saturated rings. The summed E-state index contributed by atoms with van der Waals surface area (Å²) in [4.78, 5) is 22.0. The number of aromatic hydroxyl groups is 2. The van der Waals surface area contributed by atoms with Crippen molar-refractivity contribution in [3.8, 4) is 22.8 Å². The molecular formula is C21H18N4O3. The van der Waals surface area contributed by atoms with E-state index in [0.717, 1.165) is 16.8 Å². The highest BCUT2D eigenvalue weighted by molar-refractivity contribution is 6.08. The Morgan fingerprint density at radius 3 is 2.39 bits per heavy atom. The summed E-state index contributed by atoms with van der Waals surface area (Å²) in [6.45, 7) is 0. The van der Waals surface area contributed by atoms with Crippen LogP contribution in [0.3, 0.4) is 0 Å². The maximum atomic E-state index is 12.6. The van der Waals surface area contributed by atoms with Gasteiger partial charge in [0.2, 0.25) is 5.88 Å². The average Bonchev–Trinajstić information content (AvgIpc) is 3.31. The number of hydrogen-bond donors (Lipinski definition) is 5. The van der Waals surface area contributed by atoms with Crippen LogP contribution in [0.5, 0.6) is 11.6 Å². The van der Waals surface area contributed by atoms with Crippen molar-refractivity contribution in [1.29, 1.82) is 0 Å². The first-order valence-electron chi connectivity index (χ1n) is 8.68. The zero-order valence-electron chi connectivity index (χ0n) is 14.8.